The van der Waals surface area contributed by atoms with Gasteiger partial charge in [0.05, 0.1) is 6.10 Å². The molecule has 1 N–H and O–H groups in total. The molecule has 1 nitrogen and oxygen atoms in total. The molecular weight excluding hydrogens is 235 g/mol. The van der Waals surface area contributed by atoms with Gasteiger partial charge in [-0.05, 0) is 48.4 Å². The Morgan fingerprint density at radius 1 is 1.18 bits per heavy atom. The number of halogens is 1. The second kappa shape index (κ2) is 5.94. The zero-order valence-electron chi connectivity index (χ0n) is 9.47. The Kier molecular flexibility index (Phi) is 4.29. The van der Waals surface area contributed by atoms with Crippen LogP contribution < -0.4 is 0 Å². The number of hydrogen-bond acceptors (Lipinski definition) is 2. The molecule has 0 fully saturated rings. The summed E-state index contributed by atoms with van der Waals surface area (Å²) in [6, 6.07) is 10.2. The third-order valence-corrected chi connectivity index (χ3v) is 3.67. The summed E-state index contributed by atoms with van der Waals surface area (Å²) >= 11 is 1.74. The van der Waals surface area contributed by atoms with Gasteiger partial charge in [0.15, 0.2) is 0 Å². The summed E-state index contributed by atoms with van der Waals surface area (Å²) in [7, 11) is 0. The highest BCUT2D eigenvalue weighted by molar-refractivity contribution is 7.09. The van der Waals surface area contributed by atoms with Crippen LogP contribution in [-0.4, -0.2) is 5.11 Å². The molecule has 0 saturated heterocycles. The minimum atomic E-state index is -0.490. The van der Waals surface area contributed by atoms with E-state index in [2.05, 4.69) is 11.4 Å². The molecule has 1 aromatic carbocycles. The number of benzene rings is 1. The molecule has 1 heterocycles. The van der Waals surface area contributed by atoms with Crippen molar-refractivity contribution in [1.82, 2.24) is 0 Å². The van der Waals surface area contributed by atoms with Gasteiger partial charge in [-0.25, -0.2) is 4.39 Å². The van der Waals surface area contributed by atoms with Gasteiger partial charge in [0.25, 0.3) is 0 Å². The van der Waals surface area contributed by atoms with Crippen LogP contribution in [0.3, 0.4) is 0 Å². The standard InChI is InChI=1S/C14H15FOS/c15-12-8-6-11(7-9-12)14(16)5-1-3-13-4-2-10-17-13/h2,4,6-10,14,16H,1,3,5H2. The molecule has 2 rings (SSSR count). The normalized spacial score (nSPS) is 12.6. The van der Waals surface area contributed by atoms with Crippen molar-refractivity contribution in [1.29, 1.82) is 0 Å². The van der Waals surface area contributed by atoms with E-state index in [9.17, 15) is 9.50 Å². The average molecular weight is 250 g/mol. The Morgan fingerprint density at radius 3 is 2.59 bits per heavy atom. The van der Waals surface area contributed by atoms with Crippen molar-refractivity contribution < 1.29 is 9.50 Å². The second-order valence-corrected chi connectivity index (χ2v) is 5.07. The number of aliphatic hydroxyl groups excluding tert-OH is 1. The van der Waals surface area contributed by atoms with Gasteiger partial charge >= 0.3 is 0 Å². The fraction of sp³-hybridized carbons (Fsp3) is 0.286. The van der Waals surface area contributed by atoms with Crippen LogP contribution >= 0.6 is 11.3 Å². The Labute approximate surface area is 105 Å². The summed E-state index contributed by atoms with van der Waals surface area (Å²) in [5.41, 5.74) is 0.789. The molecule has 1 aromatic heterocycles. The van der Waals surface area contributed by atoms with Gasteiger partial charge < -0.3 is 5.11 Å². The van der Waals surface area contributed by atoms with Gasteiger partial charge in [-0.3, -0.25) is 0 Å². The maximum Gasteiger partial charge on any atom is 0.123 e. The number of aryl methyl sites for hydroxylation is 1. The molecule has 3 heteroatoms. The van der Waals surface area contributed by atoms with Crippen molar-refractivity contribution in [2.75, 3.05) is 0 Å². The van der Waals surface area contributed by atoms with Crippen LogP contribution in [0, 0.1) is 5.82 Å². The Hall–Kier alpha value is -1.19. The minimum Gasteiger partial charge on any atom is -0.388 e. The van der Waals surface area contributed by atoms with Gasteiger partial charge in [-0.1, -0.05) is 18.2 Å². The highest BCUT2D eigenvalue weighted by Gasteiger charge is 2.07. The van der Waals surface area contributed by atoms with Crippen molar-refractivity contribution in [2.24, 2.45) is 0 Å². The molecule has 0 bridgehead atoms. The van der Waals surface area contributed by atoms with Gasteiger partial charge in [0.2, 0.25) is 0 Å². The first-order chi connectivity index (χ1) is 8.25. The molecule has 17 heavy (non-hydrogen) atoms. The molecule has 0 aliphatic carbocycles. The van der Waals surface area contributed by atoms with Crippen molar-refractivity contribution in [3.63, 3.8) is 0 Å². The van der Waals surface area contributed by atoms with Crippen LogP contribution in [0.1, 0.15) is 29.4 Å². The van der Waals surface area contributed by atoms with Crippen LogP contribution in [0.4, 0.5) is 4.39 Å². The summed E-state index contributed by atoms with van der Waals surface area (Å²) < 4.78 is 12.7. The van der Waals surface area contributed by atoms with Gasteiger partial charge in [0.1, 0.15) is 5.82 Å². The zero-order valence-corrected chi connectivity index (χ0v) is 10.3. The molecular formula is C14H15FOS. The van der Waals surface area contributed by atoms with Crippen LogP contribution in [0.15, 0.2) is 41.8 Å². The maximum absolute atomic E-state index is 12.7. The van der Waals surface area contributed by atoms with E-state index in [1.807, 2.05) is 6.07 Å². The van der Waals surface area contributed by atoms with E-state index in [1.54, 1.807) is 23.5 Å². The first-order valence-electron chi connectivity index (χ1n) is 5.71. The Morgan fingerprint density at radius 2 is 1.94 bits per heavy atom. The molecule has 0 saturated carbocycles. The molecule has 0 amide bonds. The summed E-state index contributed by atoms with van der Waals surface area (Å²) in [4.78, 5) is 1.34. The smallest absolute Gasteiger partial charge is 0.123 e. The monoisotopic (exact) mass is 250 g/mol. The van der Waals surface area contributed by atoms with E-state index in [1.165, 1.54) is 17.0 Å². The topological polar surface area (TPSA) is 20.2 Å². The van der Waals surface area contributed by atoms with E-state index in [4.69, 9.17) is 0 Å². The van der Waals surface area contributed by atoms with E-state index in [0.717, 1.165) is 18.4 Å². The Bertz CT molecular complexity index is 436. The third kappa shape index (κ3) is 3.65. The lowest BCUT2D eigenvalue weighted by atomic mass is 10.0. The van der Waals surface area contributed by atoms with Crippen LogP contribution in [0.5, 0.6) is 0 Å². The largest absolute Gasteiger partial charge is 0.388 e. The fourth-order valence-corrected chi connectivity index (χ4v) is 2.53. The summed E-state index contributed by atoms with van der Waals surface area (Å²) in [5.74, 6) is -0.264. The zero-order chi connectivity index (χ0) is 12.1. The highest BCUT2D eigenvalue weighted by Crippen LogP contribution is 2.20. The first-order valence-corrected chi connectivity index (χ1v) is 6.59. The van der Waals surface area contributed by atoms with Crippen molar-refractivity contribution in [2.45, 2.75) is 25.4 Å². The van der Waals surface area contributed by atoms with E-state index in [-0.39, 0.29) is 5.82 Å². The lowest BCUT2D eigenvalue weighted by Gasteiger charge is -2.10. The van der Waals surface area contributed by atoms with Crippen molar-refractivity contribution >= 4 is 11.3 Å². The lowest BCUT2D eigenvalue weighted by molar-refractivity contribution is 0.164. The van der Waals surface area contributed by atoms with Crippen molar-refractivity contribution in [3.05, 3.63) is 58.0 Å². The van der Waals surface area contributed by atoms with Gasteiger partial charge in [-0.15, -0.1) is 11.3 Å². The van der Waals surface area contributed by atoms with Crippen LogP contribution in [-0.2, 0) is 6.42 Å². The van der Waals surface area contributed by atoms with Crippen LogP contribution in [0.25, 0.3) is 0 Å². The van der Waals surface area contributed by atoms with Crippen molar-refractivity contribution in [3.8, 4) is 0 Å². The SMILES string of the molecule is OC(CCCc1cccs1)c1ccc(F)cc1. The molecule has 0 radical (unpaired) electrons. The van der Waals surface area contributed by atoms with Gasteiger partial charge in [-0.2, -0.15) is 0 Å². The van der Waals surface area contributed by atoms with E-state index in [0.29, 0.717) is 6.42 Å². The maximum atomic E-state index is 12.7. The number of rotatable bonds is 5. The fourth-order valence-electron chi connectivity index (χ4n) is 1.78. The molecule has 0 aliphatic heterocycles. The Balaban J connectivity index is 1.81. The first kappa shape index (κ1) is 12.3. The molecule has 1 atom stereocenters. The minimum absolute atomic E-state index is 0.264. The number of aliphatic hydroxyl groups is 1. The molecule has 0 spiro atoms. The third-order valence-electron chi connectivity index (χ3n) is 2.74. The van der Waals surface area contributed by atoms with Crippen LogP contribution in [0.2, 0.25) is 0 Å². The number of thiophene rings is 1. The summed E-state index contributed by atoms with van der Waals surface area (Å²) in [5, 5.41) is 12.0. The van der Waals surface area contributed by atoms with E-state index >= 15 is 0 Å². The molecule has 2 aromatic rings. The summed E-state index contributed by atoms with van der Waals surface area (Å²) in [6.07, 6.45) is 2.16. The lowest BCUT2D eigenvalue weighted by Crippen LogP contribution is -1.98. The van der Waals surface area contributed by atoms with Gasteiger partial charge in [0, 0.05) is 4.88 Å². The number of hydrogen-bond donors (Lipinski definition) is 1. The predicted molar refractivity (Wildman–Crippen MR) is 68.6 cm³/mol. The molecule has 90 valence electrons. The highest BCUT2D eigenvalue weighted by atomic mass is 32.1. The molecule has 0 aliphatic rings. The molecule has 1 unspecified atom stereocenters. The average Bonchev–Trinajstić information content (AvgIpc) is 2.83. The predicted octanol–water partition coefficient (Wildman–Crippen LogP) is 3.94. The van der Waals surface area contributed by atoms with E-state index < -0.39 is 6.10 Å². The quantitative estimate of drug-likeness (QED) is 0.852. The summed E-state index contributed by atoms with van der Waals surface area (Å²) in [6.45, 7) is 0. The second-order valence-electron chi connectivity index (χ2n) is 4.04.